The van der Waals surface area contributed by atoms with E-state index in [9.17, 15) is 9.18 Å². The first-order valence-electron chi connectivity index (χ1n) is 9.63. The molecule has 4 nitrogen and oxygen atoms in total. The van der Waals surface area contributed by atoms with E-state index in [-0.39, 0.29) is 11.7 Å². The van der Waals surface area contributed by atoms with Crippen LogP contribution in [0.5, 0.6) is 0 Å². The lowest BCUT2D eigenvalue weighted by atomic mass is 10.0. The molecular formula is C22H24FN3O. The third-order valence-corrected chi connectivity index (χ3v) is 5.15. The molecule has 0 spiro atoms. The molecule has 140 valence electrons. The molecule has 2 aliphatic rings. The zero-order valence-electron chi connectivity index (χ0n) is 15.5. The summed E-state index contributed by atoms with van der Waals surface area (Å²) in [5.74, 6) is -0.161. The summed E-state index contributed by atoms with van der Waals surface area (Å²) < 4.78 is 13.3. The van der Waals surface area contributed by atoms with Gasteiger partial charge < -0.3 is 10.2 Å². The van der Waals surface area contributed by atoms with Gasteiger partial charge in [0.05, 0.1) is 5.69 Å². The number of aliphatic imine (C=N–C) groups is 1. The first-order chi connectivity index (χ1) is 13.1. The quantitative estimate of drug-likeness (QED) is 0.710. The largest absolute Gasteiger partial charge is 0.371 e. The summed E-state index contributed by atoms with van der Waals surface area (Å²) >= 11 is 0. The summed E-state index contributed by atoms with van der Waals surface area (Å²) in [4.78, 5) is 19.1. The maximum absolute atomic E-state index is 13.3. The summed E-state index contributed by atoms with van der Waals surface area (Å²) in [7, 11) is 0. The van der Waals surface area contributed by atoms with Crippen molar-refractivity contribution in [2.45, 2.75) is 32.1 Å². The zero-order valence-corrected chi connectivity index (χ0v) is 15.5. The molecule has 0 bridgehead atoms. The van der Waals surface area contributed by atoms with Gasteiger partial charge in [-0.05, 0) is 67.1 Å². The Balaban J connectivity index is 1.47. The van der Waals surface area contributed by atoms with Gasteiger partial charge in [-0.2, -0.15) is 0 Å². The van der Waals surface area contributed by atoms with Crippen molar-refractivity contribution in [3.05, 3.63) is 53.8 Å². The van der Waals surface area contributed by atoms with Crippen molar-refractivity contribution < 1.29 is 9.18 Å². The van der Waals surface area contributed by atoms with Crippen molar-refractivity contribution in [3.63, 3.8) is 0 Å². The number of carbonyl (C=O) groups is 1. The molecule has 1 saturated carbocycles. The molecule has 5 heteroatoms. The van der Waals surface area contributed by atoms with Gasteiger partial charge in [-0.15, -0.1) is 0 Å². The van der Waals surface area contributed by atoms with Crippen molar-refractivity contribution in [3.8, 4) is 0 Å². The number of nitrogens with one attached hydrogen (secondary N) is 1. The SMILES string of the molecule is CCCN(CC1CC1)c1ccc(N=CC2C(=O)Nc3cc(F)ccc32)cc1. The van der Waals surface area contributed by atoms with Crippen molar-refractivity contribution >= 4 is 29.2 Å². The summed E-state index contributed by atoms with van der Waals surface area (Å²) in [5.41, 5.74) is 3.33. The fourth-order valence-electron chi connectivity index (χ4n) is 3.53. The van der Waals surface area contributed by atoms with Gasteiger partial charge in [0, 0.05) is 30.7 Å². The number of amides is 1. The molecule has 1 aliphatic heterocycles. The molecule has 0 saturated heterocycles. The molecule has 1 unspecified atom stereocenters. The molecular weight excluding hydrogens is 341 g/mol. The summed E-state index contributed by atoms with van der Waals surface area (Å²) in [6, 6.07) is 12.5. The van der Waals surface area contributed by atoms with E-state index in [0.717, 1.165) is 36.7 Å². The maximum atomic E-state index is 13.3. The van der Waals surface area contributed by atoms with Gasteiger partial charge in [0.2, 0.25) is 5.91 Å². The van der Waals surface area contributed by atoms with Crippen molar-refractivity contribution in [2.75, 3.05) is 23.3 Å². The van der Waals surface area contributed by atoms with E-state index >= 15 is 0 Å². The van der Waals surface area contributed by atoms with Gasteiger partial charge in [0.1, 0.15) is 11.7 Å². The highest BCUT2D eigenvalue weighted by Crippen LogP contribution is 2.33. The highest BCUT2D eigenvalue weighted by atomic mass is 19.1. The summed E-state index contributed by atoms with van der Waals surface area (Å²) in [6.45, 7) is 4.40. The lowest BCUT2D eigenvalue weighted by Gasteiger charge is -2.24. The molecule has 1 aliphatic carbocycles. The standard InChI is InChI=1S/C22H24FN3O/c1-2-11-26(14-15-3-4-15)18-8-6-17(7-9-18)24-13-20-19-10-5-16(23)12-21(19)25-22(20)27/h5-10,12-13,15,20H,2-4,11,14H2,1H3,(H,25,27). The van der Waals surface area contributed by atoms with E-state index in [0.29, 0.717) is 5.69 Å². The number of anilines is 2. The molecule has 1 heterocycles. The second-order valence-electron chi connectivity index (χ2n) is 7.38. The molecule has 0 aromatic heterocycles. The Morgan fingerprint density at radius 1 is 1.22 bits per heavy atom. The van der Waals surface area contributed by atoms with E-state index in [1.807, 2.05) is 12.1 Å². The van der Waals surface area contributed by atoms with E-state index in [2.05, 4.69) is 34.3 Å². The second-order valence-corrected chi connectivity index (χ2v) is 7.38. The van der Waals surface area contributed by atoms with Gasteiger partial charge in [0.15, 0.2) is 0 Å². The van der Waals surface area contributed by atoms with Crippen LogP contribution >= 0.6 is 0 Å². The van der Waals surface area contributed by atoms with Crippen LogP contribution in [0.15, 0.2) is 47.5 Å². The number of nitrogens with zero attached hydrogens (tertiary/aromatic N) is 2. The average Bonchev–Trinajstić information content (AvgIpc) is 3.42. The minimum Gasteiger partial charge on any atom is -0.371 e. The Morgan fingerprint density at radius 2 is 2.00 bits per heavy atom. The summed E-state index contributed by atoms with van der Waals surface area (Å²) in [6.07, 6.45) is 5.46. The van der Waals surface area contributed by atoms with E-state index in [1.165, 1.54) is 30.7 Å². The third kappa shape index (κ3) is 4.02. The van der Waals surface area contributed by atoms with Crippen LogP contribution in [0.25, 0.3) is 0 Å². The smallest absolute Gasteiger partial charge is 0.237 e. The van der Waals surface area contributed by atoms with Crippen LogP contribution in [0, 0.1) is 11.7 Å². The van der Waals surface area contributed by atoms with Crippen molar-refractivity contribution in [1.82, 2.24) is 0 Å². The number of carbonyl (C=O) groups excluding carboxylic acids is 1. The lowest BCUT2D eigenvalue weighted by Crippen LogP contribution is -2.26. The molecule has 1 N–H and O–H groups in total. The number of hydrogen-bond donors (Lipinski definition) is 1. The number of fused-ring (bicyclic) bond motifs is 1. The van der Waals surface area contributed by atoms with E-state index in [1.54, 1.807) is 12.3 Å². The number of halogens is 1. The van der Waals surface area contributed by atoms with E-state index < -0.39 is 5.92 Å². The van der Waals surface area contributed by atoms with Crippen molar-refractivity contribution in [1.29, 1.82) is 0 Å². The van der Waals surface area contributed by atoms with Crippen LogP contribution in [0.3, 0.4) is 0 Å². The minimum atomic E-state index is -0.480. The minimum absolute atomic E-state index is 0.172. The number of benzene rings is 2. The zero-order chi connectivity index (χ0) is 18.8. The Labute approximate surface area is 159 Å². The number of rotatable bonds is 7. The Hall–Kier alpha value is -2.69. The van der Waals surface area contributed by atoms with E-state index in [4.69, 9.17) is 0 Å². The summed E-state index contributed by atoms with van der Waals surface area (Å²) in [5, 5.41) is 2.71. The molecule has 4 rings (SSSR count). The molecule has 1 amide bonds. The molecule has 27 heavy (non-hydrogen) atoms. The molecule has 2 aromatic carbocycles. The molecule has 1 atom stereocenters. The van der Waals surface area contributed by atoms with Gasteiger partial charge in [-0.1, -0.05) is 13.0 Å². The van der Waals surface area contributed by atoms with Crippen LogP contribution in [-0.4, -0.2) is 25.2 Å². The Kier molecular flexibility index (Phi) is 4.92. The number of hydrogen-bond acceptors (Lipinski definition) is 3. The first-order valence-corrected chi connectivity index (χ1v) is 9.63. The maximum Gasteiger partial charge on any atom is 0.237 e. The third-order valence-electron chi connectivity index (χ3n) is 5.15. The fourth-order valence-corrected chi connectivity index (χ4v) is 3.53. The first kappa shape index (κ1) is 17.7. The Bertz CT molecular complexity index is 858. The van der Waals surface area contributed by atoms with Crippen LogP contribution in [0.1, 0.15) is 37.7 Å². The van der Waals surface area contributed by atoms with Crippen LogP contribution in [0.2, 0.25) is 0 Å². The van der Waals surface area contributed by atoms with Gasteiger partial charge in [-0.25, -0.2) is 4.39 Å². The normalized spacial score (nSPS) is 18.6. The predicted octanol–water partition coefficient (Wildman–Crippen LogP) is 4.89. The van der Waals surface area contributed by atoms with Crippen LogP contribution < -0.4 is 10.2 Å². The Morgan fingerprint density at radius 3 is 2.70 bits per heavy atom. The molecule has 0 radical (unpaired) electrons. The fraction of sp³-hybridized carbons (Fsp3) is 0.364. The van der Waals surface area contributed by atoms with Crippen LogP contribution in [0.4, 0.5) is 21.5 Å². The highest BCUT2D eigenvalue weighted by Gasteiger charge is 2.29. The van der Waals surface area contributed by atoms with Gasteiger partial charge in [-0.3, -0.25) is 9.79 Å². The molecule has 2 aromatic rings. The lowest BCUT2D eigenvalue weighted by molar-refractivity contribution is -0.115. The van der Waals surface area contributed by atoms with Gasteiger partial charge >= 0.3 is 0 Å². The average molecular weight is 365 g/mol. The van der Waals surface area contributed by atoms with Crippen LogP contribution in [-0.2, 0) is 4.79 Å². The predicted molar refractivity (Wildman–Crippen MR) is 108 cm³/mol. The second kappa shape index (κ2) is 7.51. The highest BCUT2D eigenvalue weighted by molar-refractivity contribution is 6.12. The van der Waals surface area contributed by atoms with Gasteiger partial charge in [0.25, 0.3) is 0 Å². The molecule has 1 fully saturated rings. The topological polar surface area (TPSA) is 44.7 Å². The monoisotopic (exact) mass is 365 g/mol. The van der Waals surface area contributed by atoms with Crippen molar-refractivity contribution in [2.24, 2.45) is 10.9 Å².